The first-order chi connectivity index (χ1) is 19.8. The average molecular weight is 571 g/mol. The minimum atomic E-state index is -0.0870. The van der Waals surface area contributed by atoms with E-state index >= 15 is 0 Å². The molecule has 1 saturated carbocycles. The van der Waals surface area contributed by atoms with Crippen molar-refractivity contribution in [3.63, 3.8) is 0 Å². The van der Waals surface area contributed by atoms with E-state index in [0.717, 1.165) is 63.5 Å². The van der Waals surface area contributed by atoms with E-state index in [1.54, 1.807) is 0 Å². The summed E-state index contributed by atoms with van der Waals surface area (Å²) in [6, 6.07) is 17.2. The van der Waals surface area contributed by atoms with Crippen molar-refractivity contribution in [2.75, 3.05) is 39.5 Å². The molecule has 2 heterocycles. The quantitative estimate of drug-likeness (QED) is 0.206. The molecule has 3 fully saturated rings. The normalized spacial score (nSPS) is 22.9. The second-order valence-corrected chi connectivity index (χ2v) is 11.8. The fourth-order valence-electron chi connectivity index (χ4n) is 4.64. The van der Waals surface area contributed by atoms with Gasteiger partial charge in [0.1, 0.15) is 36.9 Å². The summed E-state index contributed by atoms with van der Waals surface area (Å²) in [5.74, 6) is 1.78. The lowest BCUT2D eigenvalue weighted by Crippen LogP contribution is -2.43. The number of nitrogens with two attached hydrogens (primary N) is 4. The topological polar surface area (TPSA) is 148 Å². The monoisotopic (exact) mass is 570 g/mol. The van der Waals surface area contributed by atoms with E-state index in [4.69, 9.17) is 41.9 Å². The molecule has 0 aromatic heterocycles. The van der Waals surface area contributed by atoms with E-state index in [-0.39, 0.29) is 29.7 Å². The highest BCUT2D eigenvalue weighted by Gasteiger charge is 2.26. The van der Waals surface area contributed by atoms with Gasteiger partial charge >= 0.3 is 0 Å². The van der Waals surface area contributed by atoms with Crippen molar-refractivity contribution < 1.29 is 18.9 Å². The van der Waals surface area contributed by atoms with Crippen molar-refractivity contribution in [3.05, 3.63) is 59.7 Å². The number of benzene rings is 2. The summed E-state index contributed by atoms with van der Waals surface area (Å²) in [5, 5.41) is 0. The van der Waals surface area contributed by atoms with Crippen LogP contribution in [0.15, 0.2) is 48.5 Å². The highest BCUT2D eigenvalue weighted by Crippen LogP contribution is 2.33. The SMILES string of the molecule is CC(C)(c1ccc(OCC2CO2)cc1)c1ccc(OCC2CO2)cc1.NC1CCCCC1N.NCCCCCCN. The number of epoxide rings is 2. The summed E-state index contributed by atoms with van der Waals surface area (Å²) in [4.78, 5) is 0. The molecule has 3 aliphatic rings. The largest absolute Gasteiger partial charge is 0.491 e. The van der Waals surface area contributed by atoms with Crippen molar-refractivity contribution in [1.29, 1.82) is 0 Å². The van der Waals surface area contributed by atoms with Crippen LogP contribution in [0.3, 0.4) is 0 Å². The van der Waals surface area contributed by atoms with Gasteiger partial charge in [-0.2, -0.15) is 0 Å². The molecule has 2 saturated heterocycles. The fraction of sp³-hybridized carbons (Fsp3) is 0.636. The van der Waals surface area contributed by atoms with Gasteiger partial charge in [0.05, 0.1) is 13.2 Å². The van der Waals surface area contributed by atoms with Gasteiger partial charge in [0.2, 0.25) is 0 Å². The fourth-order valence-corrected chi connectivity index (χ4v) is 4.64. The Kier molecular flexibility index (Phi) is 14.4. The lowest BCUT2D eigenvalue weighted by molar-refractivity contribution is 0.263. The predicted molar refractivity (Wildman–Crippen MR) is 166 cm³/mol. The van der Waals surface area contributed by atoms with E-state index in [2.05, 4.69) is 38.1 Å². The second kappa shape index (κ2) is 17.7. The van der Waals surface area contributed by atoms with Crippen LogP contribution in [0, 0.1) is 0 Å². The molecule has 8 nitrogen and oxygen atoms in total. The lowest BCUT2D eigenvalue weighted by Gasteiger charge is -2.26. The second-order valence-electron chi connectivity index (χ2n) is 11.8. The highest BCUT2D eigenvalue weighted by atomic mass is 16.6. The molecule has 8 N–H and O–H groups in total. The molecule has 0 radical (unpaired) electrons. The van der Waals surface area contributed by atoms with Crippen LogP contribution in [-0.2, 0) is 14.9 Å². The molecule has 8 heteroatoms. The third-order valence-electron chi connectivity index (χ3n) is 7.86. The van der Waals surface area contributed by atoms with Gasteiger partial charge in [-0.25, -0.2) is 0 Å². The smallest absolute Gasteiger partial charge is 0.119 e. The Morgan fingerprint density at radius 1 is 0.659 bits per heavy atom. The maximum Gasteiger partial charge on any atom is 0.119 e. The Hall–Kier alpha value is -2.20. The third kappa shape index (κ3) is 12.7. The van der Waals surface area contributed by atoms with Crippen LogP contribution in [0.1, 0.15) is 76.3 Å². The summed E-state index contributed by atoms with van der Waals surface area (Å²) in [7, 11) is 0. The molecule has 2 aromatic carbocycles. The molecule has 2 aliphatic heterocycles. The Labute approximate surface area is 247 Å². The zero-order valence-corrected chi connectivity index (χ0v) is 25.3. The summed E-state index contributed by atoms with van der Waals surface area (Å²) in [5.41, 5.74) is 24.3. The van der Waals surface area contributed by atoms with Crippen molar-refractivity contribution in [2.45, 2.75) is 94.9 Å². The van der Waals surface area contributed by atoms with Crippen molar-refractivity contribution in [3.8, 4) is 11.5 Å². The molecule has 0 bridgehead atoms. The minimum Gasteiger partial charge on any atom is -0.491 e. The van der Waals surface area contributed by atoms with E-state index in [0.29, 0.717) is 13.2 Å². The van der Waals surface area contributed by atoms with Crippen molar-refractivity contribution in [1.82, 2.24) is 0 Å². The number of unbranched alkanes of at least 4 members (excludes halogenated alkanes) is 3. The van der Waals surface area contributed by atoms with Gasteiger partial charge in [-0.1, -0.05) is 63.8 Å². The first-order valence-electron chi connectivity index (χ1n) is 15.4. The van der Waals surface area contributed by atoms with Gasteiger partial charge in [0, 0.05) is 17.5 Å². The van der Waals surface area contributed by atoms with Crippen LogP contribution < -0.4 is 32.4 Å². The van der Waals surface area contributed by atoms with E-state index in [9.17, 15) is 0 Å². The maximum atomic E-state index is 5.72. The van der Waals surface area contributed by atoms with Crippen molar-refractivity contribution >= 4 is 0 Å². The molecular weight excluding hydrogens is 516 g/mol. The lowest BCUT2D eigenvalue weighted by atomic mass is 9.78. The zero-order valence-electron chi connectivity index (χ0n) is 25.3. The number of ether oxygens (including phenoxy) is 4. The molecule has 1 aliphatic carbocycles. The Bertz CT molecular complexity index is 885. The summed E-state index contributed by atoms with van der Waals surface area (Å²) < 4.78 is 21.8. The summed E-state index contributed by atoms with van der Waals surface area (Å²) >= 11 is 0. The van der Waals surface area contributed by atoms with Gasteiger partial charge in [0.15, 0.2) is 0 Å². The molecule has 5 rings (SSSR count). The predicted octanol–water partition coefficient (Wildman–Crippen LogP) is 4.25. The molecule has 0 spiro atoms. The van der Waals surface area contributed by atoms with Gasteiger partial charge in [-0.3, -0.25) is 0 Å². The molecule has 2 aromatic rings. The third-order valence-corrected chi connectivity index (χ3v) is 7.86. The van der Waals surface area contributed by atoms with Gasteiger partial charge < -0.3 is 41.9 Å². The molecule has 41 heavy (non-hydrogen) atoms. The molecule has 4 unspecified atom stereocenters. The first kappa shape index (κ1) is 33.3. The highest BCUT2D eigenvalue weighted by molar-refractivity contribution is 5.41. The zero-order chi connectivity index (χ0) is 29.5. The minimum absolute atomic E-state index is 0.0870. The Morgan fingerprint density at radius 3 is 1.32 bits per heavy atom. The molecule has 230 valence electrons. The van der Waals surface area contributed by atoms with E-state index in [1.807, 2.05) is 24.3 Å². The first-order valence-corrected chi connectivity index (χ1v) is 15.4. The van der Waals surface area contributed by atoms with Gasteiger partial charge in [-0.05, 0) is 74.2 Å². The number of hydrogen-bond acceptors (Lipinski definition) is 8. The van der Waals surface area contributed by atoms with E-state index in [1.165, 1.54) is 36.8 Å². The molecule has 0 amide bonds. The number of rotatable bonds is 13. The van der Waals surface area contributed by atoms with Crippen LogP contribution in [-0.4, -0.2) is 63.8 Å². The van der Waals surface area contributed by atoms with E-state index < -0.39 is 0 Å². The van der Waals surface area contributed by atoms with Crippen LogP contribution in [0.25, 0.3) is 0 Å². The molecular formula is C33H54N4O4. The Balaban J connectivity index is 0.000000237. The average Bonchev–Trinajstić information content (AvgIpc) is 3.92. The van der Waals surface area contributed by atoms with Gasteiger partial charge in [0.25, 0.3) is 0 Å². The van der Waals surface area contributed by atoms with Crippen LogP contribution in [0.5, 0.6) is 11.5 Å². The van der Waals surface area contributed by atoms with Crippen LogP contribution in [0.2, 0.25) is 0 Å². The van der Waals surface area contributed by atoms with Crippen LogP contribution >= 0.6 is 0 Å². The summed E-state index contributed by atoms with van der Waals surface area (Å²) in [6.45, 7) is 9.02. The summed E-state index contributed by atoms with van der Waals surface area (Å²) in [6.07, 6.45) is 10.2. The maximum absolute atomic E-state index is 5.72. The Morgan fingerprint density at radius 2 is 1.02 bits per heavy atom. The van der Waals surface area contributed by atoms with Crippen LogP contribution in [0.4, 0.5) is 0 Å². The van der Waals surface area contributed by atoms with Gasteiger partial charge in [-0.15, -0.1) is 0 Å². The molecule has 4 atom stereocenters. The standard InChI is InChI=1S/C21H24O4.C6H14N2.C6H16N2/c1-21(2,15-3-7-17(8-4-15)22-11-19-13-24-19)16-5-9-18(10-6-16)23-12-20-14-25-20;7-5-3-1-2-4-6(5)8;7-5-3-1-2-4-6-8/h3-10,19-20H,11-14H2,1-2H3;5-6H,1-4,7-8H2;1-8H2. The van der Waals surface area contributed by atoms with Crippen molar-refractivity contribution in [2.24, 2.45) is 22.9 Å². The number of hydrogen-bond donors (Lipinski definition) is 4.